The second-order valence-electron chi connectivity index (χ2n) is 5.52. The first-order chi connectivity index (χ1) is 12.7. The summed E-state index contributed by atoms with van der Waals surface area (Å²) in [5.41, 5.74) is -0.996. The molecule has 1 aliphatic heterocycles. The van der Waals surface area contributed by atoms with Crippen molar-refractivity contribution in [2.45, 2.75) is 30.9 Å². The Labute approximate surface area is 159 Å². The number of hydrogen-bond acceptors (Lipinski definition) is 10. The van der Waals surface area contributed by atoms with Crippen molar-refractivity contribution in [1.82, 2.24) is 9.55 Å². The highest BCUT2D eigenvalue weighted by atomic mass is 32.1. The number of H-pyrrole nitrogens is 1. The van der Waals surface area contributed by atoms with E-state index in [1.165, 1.54) is 0 Å². The van der Waals surface area contributed by atoms with Crippen molar-refractivity contribution in [2.24, 2.45) is 0 Å². The third kappa shape index (κ3) is 5.18. The fourth-order valence-electron chi connectivity index (χ4n) is 2.25. The summed E-state index contributed by atoms with van der Waals surface area (Å²) < 4.78 is 49.6. The summed E-state index contributed by atoms with van der Waals surface area (Å²) in [7, 11) is -10.9. The summed E-state index contributed by atoms with van der Waals surface area (Å²) in [6, 6.07) is 0. The molecule has 28 heavy (non-hydrogen) atoms. The molecule has 5 atom stereocenters. The van der Waals surface area contributed by atoms with Gasteiger partial charge in [-0.25, -0.2) is 13.5 Å². The Morgan fingerprint density at radius 1 is 1.36 bits per heavy atom. The fourth-order valence-corrected chi connectivity index (χ4v) is 4.10. The number of phosphoric ester groups is 1. The van der Waals surface area contributed by atoms with E-state index in [1.807, 2.05) is 0 Å². The number of aliphatic hydroxyl groups is 3. The van der Waals surface area contributed by atoms with Crippen LogP contribution in [-0.2, 0) is 29.3 Å². The fraction of sp³-hybridized carbons (Fsp3) is 0.600. The normalized spacial score (nSPS) is 30.3. The largest absolute Gasteiger partial charge is 0.481 e. The maximum Gasteiger partial charge on any atom is 0.481 e. The van der Waals surface area contributed by atoms with Crippen LogP contribution in [0.2, 0.25) is 0 Å². The SMILES string of the molecule is O=c1[nH]c(=S)n([C@@H]2O[C@](F)(COP(=O)(O)OP(=O)(O)O)[C@@H](O)[C@H]2O)cc1CO. The van der Waals surface area contributed by atoms with Crippen molar-refractivity contribution in [3.63, 3.8) is 0 Å². The van der Waals surface area contributed by atoms with E-state index in [0.717, 1.165) is 10.8 Å². The maximum absolute atomic E-state index is 14.8. The molecule has 0 amide bonds. The van der Waals surface area contributed by atoms with Gasteiger partial charge in [-0.2, -0.15) is 4.31 Å². The first-order valence-corrected chi connectivity index (χ1v) is 10.5. The topological polar surface area (TPSA) is 221 Å². The van der Waals surface area contributed by atoms with Crippen LogP contribution in [0.5, 0.6) is 0 Å². The van der Waals surface area contributed by atoms with Gasteiger partial charge in [-0.05, 0) is 12.2 Å². The highest BCUT2D eigenvalue weighted by molar-refractivity contribution is 7.71. The average molecular weight is 468 g/mol. The molecule has 2 heterocycles. The Morgan fingerprint density at radius 3 is 2.50 bits per heavy atom. The van der Waals surface area contributed by atoms with E-state index in [2.05, 4.69) is 13.8 Å². The van der Waals surface area contributed by atoms with Crippen LogP contribution >= 0.6 is 27.9 Å². The van der Waals surface area contributed by atoms with Crippen molar-refractivity contribution < 1.29 is 57.1 Å². The van der Waals surface area contributed by atoms with E-state index >= 15 is 0 Å². The number of aromatic nitrogens is 2. The third-order valence-corrected chi connectivity index (χ3v) is 5.94. The highest BCUT2D eigenvalue weighted by Gasteiger charge is 2.57. The smallest absolute Gasteiger partial charge is 0.391 e. The number of hydrogen-bond donors (Lipinski definition) is 7. The van der Waals surface area contributed by atoms with Gasteiger partial charge >= 0.3 is 15.6 Å². The number of aromatic amines is 1. The monoisotopic (exact) mass is 468 g/mol. The van der Waals surface area contributed by atoms with Crippen LogP contribution in [0.1, 0.15) is 11.8 Å². The first kappa shape index (κ1) is 23.4. The van der Waals surface area contributed by atoms with Crippen molar-refractivity contribution in [3.05, 3.63) is 26.9 Å². The van der Waals surface area contributed by atoms with Crippen LogP contribution in [0, 0.1) is 4.77 Å². The molecule has 1 aromatic heterocycles. The van der Waals surface area contributed by atoms with Crippen LogP contribution in [0.4, 0.5) is 4.39 Å². The minimum atomic E-state index is -5.47. The lowest BCUT2D eigenvalue weighted by atomic mass is 10.1. The number of alkyl halides is 1. The Kier molecular flexibility index (Phi) is 6.77. The number of nitrogens with zero attached hydrogens (tertiary/aromatic N) is 1. The Bertz CT molecular complexity index is 947. The summed E-state index contributed by atoms with van der Waals surface area (Å²) in [5, 5.41) is 29.0. The van der Waals surface area contributed by atoms with Crippen molar-refractivity contribution in [3.8, 4) is 0 Å². The van der Waals surface area contributed by atoms with Gasteiger partial charge in [0, 0.05) is 6.20 Å². The van der Waals surface area contributed by atoms with E-state index in [4.69, 9.17) is 36.7 Å². The second-order valence-corrected chi connectivity index (χ2v) is 8.74. The van der Waals surface area contributed by atoms with E-state index < -0.39 is 58.7 Å². The predicted octanol–water partition coefficient (Wildman–Crippen LogP) is -1.46. The van der Waals surface area contributed by atoms with E-state index in [1.54, 1.807) is 0 Å². The van der Waals surface area contributed by atoms with Gasteiger partial charge in [-0.1, -0.05) is 0 Å². The lowest BCUT2D eigenvalue weighted by molar-refractivity contribution is -0.204. The van der Waals surface area contributed by atoms with Crippen molar-refractivity contribution in [2.75, 3.05) is 6.61 Å². The van der Waals surface area contributed by atoms with Gasteiger partial charge < -0.3 is 34.7 Å². The zero-order valence-corrected chi connectivity index (χ0v) is 16.1. The van der Waals surface area contributed by atoms with Crippen LogP contribution < -0.4 is 5.56 Å². The average Bonchev–Trinajstić information content (AvgIpc) is 2.76. The summed E-state index contributed by atoms with van der Waals surface area (Å²) in [6.45, 7) is -2.33. The summed E-state index contributed by atoms with van der Waals surface area (Å²) >= 11 is 4.84. The molecule has 0 saturated carbocycles. The van der Waals surface area contributed by atoms with Gasteiger partial charge in [0.15, 0.2) is 11.0 Å². The van der Waals surface area contributed by atoms with Crippen molar-refractivity contribution >= 4 is 27.9 Å². The zero-order valence-electron chi connectivity index (χ0n) is 13.5. The van der Waals surface area contributed by atoms with Crippen LogP contribution in [-0.4, -0.2) is 64.2 Å². The number of aliphatic hydroxyl groups excluding tert-OH is 3. The Morgan fingerprint density at radius 2 is 1.96 bits per heavy atom. The van der Waals surface area contributed by atoms with Crippen molar-refractivity contribution in [1.29, 1.82) is 0 Å². The molecule has 18 heteroatoms. The molecule has 0 bridgehead atoms. The number of rotatable bonds is 7. The molecule has 0 aromatic carbocycles. The van der Waals surface area contributed by atoms with Gasteiger partial charge in [0.2, 0.25) is 0 Å². The number of phosphoric acid groups is 2. The molecule has 1 unspecified atom stereocenters. The predicted molar refractivity (Wildman–Crippen MR) is 86.7 cm³/mol. The van der Waals surface area contributed by atoms with Gasteiger partial charge in [0.05, 0.1) is 12.2 Å². The van der Waals surface area contributed by atoms with E-state index in [0.29, 0.717) is 0 Å². The molecular formula is C10H15FN2O12P2S. The Hall–Kier alpha value is -0.870. The summed E-state index contributed by atoms with van der Waals surface area (Å²) in [6.07, 6.45) is -5.24. The van der Waals surface area contributed by atoms with Gasteiger partial charge in [0.25, 0.3) is 11.4 Å². The quantitative estimate of drug-likeness (QED) is 0.180. The van der Waals surface area contributed by atoms with Gasteiger partial charge in [0.1, 0.15) is 18.8 Å². The third-order valence-electron chi connectivity index (χ3n) is 3.49. The molecule has 0 spiro atoms. The molecule has 0 aliphatic carbocycles. The number of ether oxygens (including phenoxy) is 1. The van der Waals surface area contributed by atoms with Gasteiger partial charge in [-0.3, -0.25) is 18.9 Å². The van der Waals surface area contributed by atoms with Crippen LogP contribution in [0.25, 0.3) is 0 Å². The maximum atomic E-state index is 14.8. The molecule has 14 nitrogen and oxygen atoms in total. The molecule has 1 aliphatic rings. The van der Waals surface area contributed by atoms with Crippen LogP contribution in [0.3, 0.4) is 0 Å². The lowest BCUT2D eigenvalue weighted by Gasteiger charge is -2.24. The molecule has 1 aromatic rings. The van der Waals surface area contributed by atoms with Crippen LogP contribution in [0.15, 0.2) is 11.0 Å². The minimum absolute atomic E-state index is 0.235. The molecule has 1 saturated heterocycles. The Balaban J connectivity index is 2.26. The van der Waals surface area contributed by atoms with Gasteiger partial charge in [-0.15, -0.1) is 0 Å². The number of halogens is 1. The molecular weight excluding hydrogens is 453 g/mol. The molecule has 1 fully saturated rings. The minimum Gasteiger partial charge on any atom is -0.391 e. The number of nitrogens with one attached hydrogen (secondary N) is 1. The zero-order chi connectivity index (χ0) is 21.5. The molecule has 160 valence electrons. The lowest BCUT2D eigenvalue weighted by Crippen LogP contribution is -2.42. The van der Waals surface area contributed by atoms with E-state index in [-0.39, 0.29) is 10.3 Å². The highest BCUT2D eigenvalue weighted by Crippen LogP contribution is 2.58. The molecule has 7 N–H and O–H groups in total. The van der Waals surface area contributed by atoms with E-state index in [9.17, 15) is 28.5 Å². The summed E-state index contributed by atoms with van der Waals surface area (Å²) in [4.78, 5) is 39.8. The second kappa shape index (κ2) is 8.10. The molecule has 0 radical (unpaired) electrons. The molecule has 2 rings (SSSR count). The standard InChI is InChI=1S/C10H15FN2O12P2S/c11-10(3-23-27(21,22)25-26(18,19)20)6(16)5(15)8(24-10)13-1-4(2-14)7(17)12-9(13)28/h1,5-6,8,14-16H,2-3H2,(H,21,22)(H,12,17,28)(H2,18,19,20)/t5-,6+,8-,10-/m1/s1. The summed E-state index contributed by atoms with van der Waals surface area (Å²) in [5.74, 6) is -3.34. The first-order valence-electron chi connectivity index (χ1n) is 7.11.